The minimum Gasteiger partial charge on any atom is -0.512 e. The fourth-order valence-electron chi connectivity index (χ4n) is 9.40. The number of aliphatic hydroxyl groups is 1. The molecule has 0 aliphatic carbocycles. The molecule has 0 fully saturated rings. The van der Waals surface area contributed by atoms with Gasteiger partial charge >= 0.3 is 0 Å². The third-order valence-corrected chi connectivity index (χ3v) is 14.2. The summed E-state index contributed by atoms with van der Waals surface area (Å²) in [5, 5.41) is 9.34. The van der Waals surface area contributed by atoms with Crippen molar-refractivity contribution in [1.82, 2.24) is 24.9 Å². The Morgan fingerprint density at radius 3 is 1.05 bits per heavy atom. The first-order valence-electron chi connectivity index (χ1n) is 31.5. The molecule has 0 aliphatic heterocycles. The van der Waals surface area contributed by atoms with Crippen LogP contribution in [0.3, 0.4) is 0 Å². The first-order chi connectivity index (χ1) is 45.8. The van der Waals surface area contributed by atoms with E-state index < -0.39 is 0 Å². The first kappa shape index (κ1) is 78.4. The molecule has 13 rings (SSSR count). The second-order valence-electron chi connectivity index (χ2n) is 23.0. The molecule has 10 heteroatoms. The molecule has 13 aromatic rings. The van der Waals surface area contributed by atoms with Gasteiger partial charge in [-0.2, -0.15) is 0 Å². The molecule has 0 bridgehead atoms. The Hall–Kier alpha value is -9.33. The van der Waals surface area contributed by atoms with Crippen LogP contribution in [-0.4, -0.2) is 35.8 Å². The topological polar surface area (TPSA) is 102 Å². The molecule has 8 aromatic carbocycles. The molecule has 1 N–H and O–H groups in total. The van der Waals surface area contributed by atoms with Crippen molar-refractivity contribution in [3.63, 3.8) is 0 Å². The van der Waals surface area contributed by atoms with E-state index in [1.807, 2.05) is 241 Å². The summed E-state index contributed by atoms with van der Waals surface area (Å²) >= 11 is 0. The van der Waals surface area contributed by atoms with Crippen molar-refractivity contribution in [3.8, 4) is 89.7 Å². The summed E-state index contributed by atoms with van der Waals surface area (Å²) < 4.78 is 0. The van der Waals surface area contributed by atoms with Gasteiger partial charge in [0.2, 0.25) is 0 Å². The normalized spacial score (nSPS) is 10.2. The Kier molecular flexibility index (Phi) is 34.7. The largest absolute Gasteiger partial charge is 0.512 e. The van der Waals surface area contributed by atoms with Gasteiger partial charge in [0.15, 0.2) is 5.78 Å². The van der Waals surface area contributed by atoms with Gasteiger partial charge in [0, 0.05) is 110 Å². The van der Waals surface area contributed by atoms with Crippen molar-refractivity contribution in [1.29, 1.82) is 0 Å². The summed E-state index contributed by atoms with van der Waals surface area (Å²) in [6, 6.07) is 105. The summed E-state index contributed by atoms with van der Waals surface area (Å²) in [5.74, 6) is 0.979. The number of ketones is 1. The maximum absolute atomic E-state index is 11.2. The Labute approximate surface area is 615 Å². The monoisotopic (exact) mass is 1800 g/mol. The summed E-state index contributed by atoms with van der Waals surface area (Å²) in [7, 11) is 0. The van der Waals surface area contributed by atoms with Crippen LogP contribution in [-0.2, 0) is 65.1 Å². The van der Waals surface area contributed by atoms with E-state index >= 15 is 0 Å². The summed E-state index contributed by atoms with van der Waals surface area (Å²) in [6.45, 7) is 14.2. The molecule has 0 saturated heterocycles. The minimum atomic E-state index is 0. The average Bonchev–Trinajstić information content (AvgIpc) is 0.944. The zero-order valence-electron chi connectivity index (χ0n) is 55.5. The molecule has 7 nitrogen and oxygen atoms in total. The van der Waals surface area contributed by atoms with Gasteiger partial charge < -0.3 is 30.0 Å². The van der Waals surface area contributed by atoms with Crippen LogP contribution in [0.25, 0.3) is 89.7 Å². The molecule has 0 aliphatic rings. The molecule has 5 heterocycles. The van der Waals surface area contributed by atoms with Crippen molar-refractivity contribution < 1.29 is 70.2 Å². The number of hydrogen-bond donors (Lipinski definition) is 1. The Morgan fingerprint density at radius 2 is 0.691 bits per heavy atom. The molecule has 0 unspecified atom stereocenters. The van der Waals surface area contributed by atoms with E-state index in [2.05, 4.69) is 154 Å². The molecular weight excluding hydrogens is 1720 g/mol. The van der Waals surface area contributed by atoms with Crippen LogP contribution in [0.4, 0.5) is 0 Å². The summed E-state index contributed by atoms with van der Waals surface area (Å²) in [5.41, 5.74) is 20.8. The maximum Gasteiger partial charge on any atom is 0.159 e. The van der Waals surface area contributed by atoms with Crippen molar-refractivity contribution in [2.75, 3.05) is 0 Å². The second kappa shape index (κ2) is 43.0. The van der Waals surface area contributed by atoms with E-state index in [-0.39, 0.29) is 71.9 Å². The number of carbonyl (C=O) groups is 1. The molecular formula is C87H78Ir3N5O2-5. The minimum absolute atomic E-state index is 0. The quantitative estimate of drug-likeness (QED) is 0.0697. The fourth-order valence-corrected chi connectivity index (χ4v) is 9.40. The van der Waals surface area contributed by atoms with Gasteiger partial charge in [-0.1, -0.05) is 166 Å². The van der Waals surface area contributed by atoms with Gasteiger partial charge in [0.1, 0.15) is 0 Å². The zero-order valence-corrected chi connectivity index (χ0v) is 62.7. The van der Waals surface area contributed by atoms with Gasteiger partial charge in [0.05, 0.1) is 5.76 Å². The third kappa shape index (κ3) is 27.4. The Bertz CT molecular complexity index is 4090. The Morgan fingerprint density at radius 1 is 0.340 bits per heavy atom. The zero-order chi connectivity index (χ0) is 66.1. The van der Waals surface area contributed by atoms with Gasteiger partial charge in [0.25, 0.3) is 0 Å². The van der Waals surface area contributed by atoms with Crippen molar-refractivity contribution in [3.05, 3.63) is 357 Å². The van der Waals surface area contributed by atoms with Gasteiger partial charge in [-0.05, 0) is 118 Å². The number of carbonyl (C=O) groups excluding carboxylic acids is 1. The van der Waals surface area contributed by atoms with Crippen LogP contribution in [0.2, 0.25) is 0 Å². The molecule has 0 saturated carbocycles. The van der Waals surface area contributed by atoms with Gasteiger partial charge in [-0.3, -0.25) is 4.79 Å². The second-order valence-corrected chi connectivity index (χ2v) is 23.0. The Balaban J connectivity index is 0.000000211. The number of benzene rings is 8. The standard InChI is InChI=1S/2C18H14N.C17H12N.C12H10N.C11H8N.C11H20O2.3Ir/c2*1-14-7-9-15(10-8-14)17-11-12-19-18(13-17)16-5-3-2-4-6-16;1-3-7-14(8-4-1)16-11-12-17(18-13-16)15-9-5-2-6-10-15;1-10-7-8-12(13-9-10)11-5-3-2-4-6-11;1-2-6-10(7-3-1)11-8-4-5-9-12-11;1-8(2)5-10(12)7-11(13)6-9(3)4;;;/h2*2-5,7-13H,1H3;1-9,11-13H;2-5,7-9H,1H3;1-6,8-9H;7-9,12H,5-6H2,1-4H3;;;/q5*-1;;;;. The number of rotatable bonds is 13. The average molecular weight is 1800 g/mol. The number of aromatic nitrogens is 5. The first-order valence-corrected chi connectivity index (χ1v) is 31.5. The molecule has 3 radical (unpaired) electrons. The number of pyridine rings is 5. The van der Waals surface area contributed by atoms with Crippen LogP contribution in [0.1, 0.15) is 57.2 Å². The molecule has 5 aromatic heterocycles. The smallest absolute Gasteiger partial charge is 0.159 e. The van der Waals surface area contributed by atoms with E-state index in [1.165, 1.54) is 50.6 Å². The van der Waals surface area contributed by atoms with E-state index in [0.717, 1.165) is 61.9 Å². The molecule has 0 atom stereocenters. The van der Waals surface area contributed by atoms with Crippen molar-refractivity contribution in [2.45, 2.75) is 61.3 Å². The molecule has 0 spiro atoms. The van der Waals surface area contributed by atoms with Crippen LogP contribution >= 0.6 is 0 Å². The predicted octanol–water partition coefficient (Wildman–Crippen LogP) is 21.8. The van der Waals surface area contributed by atoms with Crippen LogP contribution in [0, 0.1) is 62.9 Å². The molecule has 495 valence electrons. The number of allylic oxidation sites excluding steroid dienone is 2. The summed E-state index contributed by atoms with van der Waals surface area (Å²) in [4.78, 5) is 33.1. The van der Waals surface area contributed by atoms with Crippen LogP contribution in [0.5, 0.6) is 0 Å². The third-order valence-electron chi connectivity index (χ3n) is 14.2. The van der Waals surface area contributed by atoms with Gasteiger partial charge in [-0.25, -0.2) is 0 Å². The maximum atomic E-state index is 11.2. The van der Waals surface area contributed by atoms with E-state index in [1.54, 1.807) is 6.20 Å². The number of aryl methyl sites for hydroxylation is 3. The number of hydrogen-bond acceptors (Lipinski definition) is 7. The van der Waals surface area contributed by atoms with E-state index in [0.29, 0.717) is 24.7 Å². The summed E-state index contributed by atoms with van der Waals surface area (Å²) in [6.07, 6.45) is 11.7. The molecule has 0 amide bonds. The fraction of sp³-hybridized carbons (Fsp3) is 0.126. The number of aliphatic hydroxyl groups excluding tert-OH is 1. The van der Waals surface area contributed by atoms with E-state index in [4.69, 9.17) is 0 Å². The van der Waals surface area contributed by atoms with Crippen LogP contribution in [0.15, 0.2) is 310 Å². The van der Waals surface area contributed by atoms with Crippen molar-refractivity contribution in [2.24, 2.45) is 11.8 Å². The van der Waals surface area contributed by atoms with Gasteiger partial charge in [-0.15, -0.1) is 179 Å². The van der Waals surface area contributed by atoms with Crippen LogP contribution < -0.4 is 0 Å². The number of nitrogens with zero attached hydrogens (tertiary/aromatic N) is 5. The SMILES string of the molecule is CC(C)CC(=O)C=C(O)CC(C)C.Cc1ccc(-c2[c-]cccc2)nc1.Cc1ccc(-c2ccnc(-c3[c-]cccc3)c2)cc1.Cc1ccc(-c2ccnc(-c3[c-]cccc3)c2)cc1.[Ir].[Ir].[Ir].[c-]1ccccc1-c1ccc(-c2ccccc2)cn1.[c-]1ccccc1-c1ccccn1. The predicted molar refractivity (Wildman–Crippen MR) is 388 cm³/mol. The van der Waals surface area contributed by atoms with Crippen molar-refractivity contribution >= 4 is 5.78 Å². The van der Waals surface area contributed by atoms with E-state index in [9.17, 15) is 9.90 Å². The molecule has 97 heavy (non-hydrogen) atoms.